The standard InChI is InChI=1S/C16H13ClN2O5/c17-13-7-10(19(21)22)5-6-12(13)16(20)18-8-11-9-23-14-3-1-2-4-15(14)24-11/h1-7,11H,8-9H2,(H,18,20)/t11-/m1/s1. The average molecular weight is 349 g/mol. The number of amides is 1. The summed E-state index contributed by atoms with van der Waals surface area (Å²) in [4.78, 5) is 22.3. The number of ether oxygens (including phenoxy) is 2. The molecule has 3 rings (SSSR count). The summed E-state index contributed by atoms with van der Waals surface area (Å²) in [5.41, 5.74) is -0.00318. The van der Waals surface area contributed by atoms with Gasteiger partial charge in [-0.15, -0.1) is 0 Å². The SMILES string of the molecule is O=C(NC[C@@H]1COc2ccccc2O1)c1ccc([N+](=O)[O-])cc1Cl. The molecule has 0 saturated carbocycles. The molecule has 0 aliphatic carbocycles. The highest BCUT2D eigenvalue weighted by molar-refractivity contribution is 6.34. The fourth-order valence-corrected chi connectivity index (χ4v) is 2.53. The van der Waals surface area contributed by atoms with E-state index in [9.17, 15) is 14.9 Å². The zero-order valence-corrected chi connectivity index (χ0v) is 13.2. The summed E-state index contributed by atoms with van der Waals surface area (Å²) in [6, 6.07) is 11.0. The van der Waals surface area contributed by atoms with Gasteiger partial charge in [0.2, 0.25) is 0 Å². The van der Waals surface area contributed by atoms with E-state index in [1.165, 1.54) is 12.1 Å². The molecule has 2 aromatic rings. The first-order valence-corrected chi connectivity index (χ1v) is 7.53. The Hall–Kier alpha value is -2.80. The number of hydrogen-bond donors (Lipinski definition) is 1. The Morgan fingerprint density at radius 1 is 1.29 bits per heavy atom. The van der Waals surface area contributed by atoms with Crippen LogP contribution in [0.15, 0.2) is 42.5 Å². The largest absolute Gasteiger partial charge is 0.486 e. The molecule has 24 heavy (non-hydrogen) atoms. The number of nitro groups is 1. The van der Waals surface area contributed by atoms with Gasteiger partial charge in [-0.3, -0.25) is 14.9 Å². The lowest BCUT2D eigenvalue weighted by Gasteiger charge is -2.26. The van der Waals surface area contributed by atoms with E-state index >= 15 is 0 Å². The normalized spacial score (nSPS) is 15.6. The highest BCUT2D eigenvalue weighted by atomic mass is 35.5. The molecule has 0 fully saturated rings. The van der Waals surface area contributed by atoms with Crippen LogP contribution in [0, 0.1) is 10.1 Å². The molecule has 1 aliphatic rings. The first-order valence-electron chi connectivity index (χ1n) is 7.15. The van der Waals surface area contributed by atoms with Crippen LogP contribution in [0.3, 0.4) is 0 Å². The minimum absolute atomic E-state index is 0.0212. The van der Waals surface area contributed by atoms with Crippen molar-refractivity contribution in [1.82, 2.24) is 5.32 Å². The molecule has 1 amide bonds. The molecule has 1 atom stereocenters. The lowest BCUT2D eigenvalue weighted by atomic mass is 10.2. The number of halogens is 1. The van der Waals surface area contributed by atoms with Crippen LogP contribution in [0.5, 0.6) is 11.5 Å². The predicted octanol–water partition coefficient (Wildman–Crippen LogP) is 2.82. The van der Waals surface area contributed by atoms with Crippen molar-refractivity contribution < 1.29 is 19.2 Å². The minimum atomic E-state index is -0.571. The monoisotopic (exact) mass is 348 g/mol. The molecule has 0 unspecified atom stereocenters. The van der Waals surface area contributed by atoms with Crippen molar-refractivity contribution in [2.75, 3.05) is 13.2 Å². The van der Waals surface area contributed by atoms with Gasteiger partial charge in [0, 0.05) is 12.1 Å². The quantitative estimate of drug-likeness (QED) is 0.677. The number of hydrogen-bond acceptors (Lipinski definition) is 5. The van der Waals surface area contributed by atoms with Crippen LogP contribution in [0.2, 0.25) is 5.02 Å². The van der Waals surface area contributed by atoms with Gasteiger partial charge in [-0.2, -0.15) is 0 Å². The van der Waals surface area contributed by atoms with Crippen LogP contribution in [-0.4, -0.2) is 30.1 Å². The molecule has 2 aromatic carbocycles. The third-order valence-corrected chi connectivity index (χ3v) is 3.78. The predicted molar refractivity (Wildman–Crippen MR) is 86.8 cm³/mol. The molecule has 0 saturated heterocycles. The summed E-state index contributed by atoms with van der Waals surface area (Å²) in [5, 5.41) is 13.4. The van der Waals surface area contributed by atoms with Crippen LogP contribution in [0.25, 0.3) is 0 Å². The van der Waals surface area contributed by atoms with Crippen molar-refractivity contribution in [3.63, 3.8) is 0 Å². The van der Waals surface area contributed by atoms with Gasteiger partial charge >= 0.3 is 0 Å². The van der Waals surface area contributed by atoms with Crippen molar-refractivity contribution >= 4 is 23.2 Å². The summed E-state index contributed by atoms with van der Waals surface area (Å²) < 4.78 is 11.3. The van der Waals surface area contributed by atoms with Crippen LogP contribution in [0.1, 0.15) is 10.4 Å². The first-order chi connectivity index (χ1) is 11.5. The molecule has 1 aliphatic heterocycles. The van der Waals surface area contributed by atoms with Gasteiger partial charge < -0.3 is 14.8 Å². The van der Waals surface area contributed by atoms with Gasteiger partial charge in [0.25, 0.3) is 11.6 Å². The summed E-state index contributed by atoms with van der Waals surface area (Å²) in [7, 11) is 0. The number of carbonyl (C=O) groups is 1. The molecular weight excluding hydrogens is 336 g/mol. The molecule has 1 heterocycles. The van der Waals surface area contributed by atoms with Gasteiger partial charge in [0.05, 0.1) is 22.1 Å². The number of nitrogens with one attached hydrogen (secondary N) is 1. The number of fused-ring (bicyclic) bond motifs is 1. The number of carbonyl (C=O) groups excluding carboxylic acids is 1. The van der Waals surface area contributed by atoms with E-state index in [4.69, 9.17) is 21.1 Å². The Labute approximate surface area is 142 Å². The van der Waals surface area contributed by atoms with E-state index < -0.39 is 10.8 Å². The first kappa shape index (κ1) is 16.1. The maximum atomic E-state index is 12.2. The van der Waals surface area contributed by atoms with Crippen LogP contribution >= 0.6 is 11.6 Å². The number of non-ortho nitro benzene ring substituents is 1. The van der Waals surface area contributed by atoms with Crippen LogP contribution in [-0.2, 0) is 0 Å². The third-order valence-electron chi connectivity index (χ3n) is 3.47. The van der Waals surface area contributed by atoms with Gasteiger partial charge in [-0.25, -0.2) is 0 Å². The van der Waals surface area contributed by atoms with Crippen molar-refractivity contribution in [2.24, 2.45) is 0 Å². The topological polar surface area (TPSA) is 90.7 Å². The Bertz CT molecular complexity index is 796. The number of nitro benzene ring substituents is 1. The van der Waals surface area contributed by atoms with E-state index in [-0.39, 0.29) is 28.9 Å². The number of benzene rings is 2. The van der Waals surface area contributed by atoms with Gasteiger partial charge in [-0.05, 0) is 18.2 Å². The Morgan fingerprint density at radius 2 is 2.04 bits per heavy atom. The molecule has 8 heteroatoms. The van der Waals surface area contributed by atoms with Crippen molar-refractivity contribution in [1.29, 1.82) is 0 Å². The summed E-state index contributed by atoms with van der Waals surface area (Å²) in [6.07, 6.45) is -0.333. The summed E-state index contributed by atoms with van der Waals surface area (Å²) in [5.74, 6) is 0.854. The fourth-order valence-electron chi connectivity index (χ4n) is 2.27. The zero-order valence-electron chi connectivity index (χ0n) is 12.4. The molecule has 0 radical (unpaired) electrons. The third kappa shape index (κ3) is 3.41. The van der Waals surface area contributed by atoms with E-state index in [1.54, 1.807) is 12.1 Å². The van der Waals surface area contributed by atoms with E-state index in [2.05, 4.69) is 5.32 Å². The number of rotatable bonds is 4. The maximum absolute atomic E-state index is 12.2. The lowest BCUT2D eigenvalue weighted by Crippen LogP contribution is -2.40. The molecule has 124 valence electrons. The second-order valence-electron chi connectivity index (χ2n) is 5.13. The van der Waals surface area contributed by atoms with Crippen LogP contribution < -0.4 is 14.8 Å². The lowest BCUT2D eigenvalue weighted by molar-refractivity contribution is -0.384. The molecule has 7 nitrogen and oxygen atoms in total. The number of para-hydroxylation sites is 2. The average Bonchev–Trinajstić information content (AvgIpc) is 2.59. The second kappa shape index (κ2) is 6.76. The van der Waals surface area contributed by atoms with E-state index in [1.807, 2.05) is 12.1 Å². The molecule has 1 N–H and O–H groups in total. The molecular formula is C16H13ClN2O5. The van der Waals surface area contributed by atoms with Crippen molar-refractivity contribution in [3.8, 4) is 11.5 Å². The number of nitrogens with zero attached hydrogens (tertiary/aromatic N) is 1. The van der Waals surface area contributed by atoms with Crippen LogP contribution in [0.4, 0.5) is 5.69 Å². The Balaban J connectivity index is 1.61. The highest BCUT2D eigenvalue weighted by Gasteiger charge is 2.22. The molecule has 0 spiro atoms. The van der Waals surface area contributed by atoms with Crippen molar-refractivity contribution in [2.45, 2.75) is 6.10 Å². The van der Waals surface area contributed by atoms with E-state index in [0.717, 1.165) is 6.07 Å². The minimum Gasteiger partial charge on any atom is -0.486 e. The second-order valence-corrected chi connectivity index (χ2v) is 5.54. The molecule has 0 aromatic heterocycles. The summed E-state index contributed by atoms with van der Waals surface area (Å²) >= 11 is 5.94. The van der Waals surface area contributed by atoms with Gasteiger partial charge in [0.1, 0.15) is 12.7 Å². The molecule has 0 bridgehead atoms. The smallest absolute Gasteiger partial charge is 0.270 e. The van der Waals surface area contributed by atoms with Gasteiger partial charge in [0.15, 0.2) is 11.5 Å². The maximum Gasteiger partial charge on any atom is 0.270 e. The fraction of sp³-hybridized carbons (Fsp3) is 0.188. The Morgan fingerprint density at radius 3 is 2.75 bits per heavy atom. The van der Waals surface area contributed by atoms with E-state index in [0.29, 0.717) is 18.1 Å². The van der Waals surface area contributed by atoms with Crippen molar-refractivity contribution in [3.05, 3.63) is 63.2 Å². The zero-order chi connectivity index (χ0) is 17.1. The highest BCUT2D eigenvalue weighted by Crippen LogP contribution is 2.30. The van der Waals surface area contributed by atoms with Gasteiger partial charge in [-0.1, -0.05) is 23.7 Å². The summed E-state index contributed by atoms with van der Waals surface area (Å²) in [6.45, 7) is 0.534. The Kier molecular flexibility index (Phi) is 4.52.